The smallest absolute Gasteiger partial charge is 0.234 e. The number of ether oxygens (including phenoxy) is 1. The Morgan fingerprint density at radius 2 is 2.31 bits per heavy atom. The van der Waals surface area contributed by atoms with Gasteiger partial charge in [-0.25, -0.2) is 0 Å². The Morgan fingerprint density at radius 3 is 3.00 bits per heavy atom. The summed E-state index contributed by atoms with van der Waals surface area (Å²) in [5.41, 5.74) is 0. The van der Waals surface area contributed by atoms with E-state index in [-0.39, 0.29) is 6.10 Å². The lowest BCUT2D eigenvalue weighted by molar-refractivity contribution is 0.111. The van der Waals surface area contributed by atoms with Gasteiger partial charge >= 0.3 is 0 Å². The highest BCUT2D eigenvalue weighted by atomic mass is 32.1. The van der Waals surface area contributed by atoms with Crippen molar-refractivity contribution in [2.24, 2.45) is 0 Å². The number of nitrogens with zero attached hydrogens (tertiary/aromatic N) is 4. The summed E-state index contributed by atoms with van der Waals surface area (Å²) in [5.74, 6) is 1.27. The van der Waals surface area contributed by atoms with Gasteiger partial charge in [-0.1, -0.05) is 25.2 Å². The first kappa shape index (κ1) is 10.2. The molecule has 3 heterocycles. The van der Waals surface area contributed by atoms with Gasteiger partial charge in [-0.3, -0.25) is 0 Å². The SMILES string of the molecule is CC(C)c1nnc2sc([C@@H]3CCCO3)nn12. The molecule has 86 valence electrons. The zero-order valence-electron chi connectivity index (χ0n) is 9.38. The molecular weight excluding hydrogens is 224 g/mol. The highest BCUT2D eigenvalue weighted by Crippen LogP contribution is 2.31. The molecule has 0 unspecified atom stereocenters. The predicted molar refractivity (Wildman–Crippen MR) is 60.7 cm³/mol. The van der Waals surface area contributed by atoms with Gasteiger partial charge in [0.25, 0.3) is 0 Å². The van der Waals surface area contributed by atoms with E-state index in [4.69, 9.17) is 4.74 Å². The minimum Gasteiger partial charge on any atom is -0.371 e. The van der Waals surface area contributed by atoms with E-state index in [0.29, 0.717) is 5.92 Å². The van der Waals surface area contributed by atoms with Crippen molar-refractivity contribution in [2.45, 2.75) is 38.7 Å². The number of fused-ring (bicyclic) bond motifs is 1. The second kappa shape index (κ2) is 3.78. The molecule has 1 aliphatic rings. The number of rotatable bonds is 2. The molecule has 0 aliphatic carbocycles. The van der Waals surface area contributed by atoms with Crippen LogP contribution in [0.3, 0.4) is 0 Å². The van der Waals surface area contributed by atoms with Crippen molar-refractivity contribution < 1.29 is 4.74 Å². The van der Waals surface area contributed by atoms with E-state index in [1.54, 1.807) is 11.3 Å². The van der Waals surface area contributed by atoms with E-state index in [1.807, 2.05) is 4.52 Å². The van der Waals surface area contributed by atoms with Crippen LogP contribution < -0.4 is 0 Å². The van der Waals surface area contributed by atoms with Crippen molar-refractivity contribution in [1.82, 2.24) is 19.8 Å². The number of aromatic nitrogens is 4. The Bertz CT molecular complexity index is 498. The van der Waals surface area contributed by atoms with Gasteiger partial charge < -0.3 is 4.74 Å². The Balaban J connectivity index is 2.02. The molecule has 1 atom stereocenters. The third-order valence-electron chi connectivity index (χ3n) is 2.75. The molecule has 0 saturated carbocycles. The van der Waals surface area contributed by atoms with Crippen molar-refractivity contribution in [3.63, 3.8) is 0 Å². The van der Waals surface area contributed by atoms with Crippen LogP contribution in [0.25, 0.3) is 4.96 Å². The molecule has 0 bridgehead atoms. The Hall–Kier alpha value is -1.01. The summed E-state index contributed by atoms with van der Waals surface area (Å²) >= 11 is 1.59. The van der Waals surface area contributed by atoms with E-state index in [0.717, 1.165) is 35.2 Å². The van der Waals surface area contributed by atoms with Crippen LogP contribution in [-0.4, -0.2) is 26.4 Å². The lowest BCUT2D eigenvalue weighted by Crippen LogP contribution is -2.01. The minimum atomic E-state index is 0.173. The van der Waals surface area contributed by atoms with Crippen LogP contribution in [0.2, 0.25) is 0 Å². The van der Waals surface area contributed by atoms with Gasteiger partial charge in [-0.2, -0.15) is 9.61 Å². The third kappa shape index (κ3) is 1.53. The van der Waals surface area contributed by atoms with Crippen molar-refractivity contribution in [3.05, 3.63) is 10.8 Å². The monoisotopic (exact) mass is 238 g/mol. The molecule has 6 heteroatoms. The van der Waals surface area contributed by atoms with E-state index >= 15 is 0 Å². The molecule has 1 aliphatic heterocycles. The summed E-state index contributed by atoms with van der Waals surface area (Å²) in [5, 5.41) is 13.9. The van der Waals surface area contributed by atoms with Crippen LogP contribution in [0.1, 0.15) is 49.5 Å². The average molecular weight is 238 g/mol. The first-order chi connectivity index (χ1) is 7.75. The Kier molecular flexibility index (Phi) is 2.40. The normalized spacial score (nSPS) is 21.3. The number of hydrogen-bond donors (Lipinski definition) is 0. The first-order valence-corrected chi connectivity index (χ1v) is 6.41. The Labute approximate surface area is 97.4 Å². The van der Waals surface area contributed by atoms with Crippen molar-refractivity contribution in [3.8, 4) is 0 Å². The van der Waals surface area contributed by atoms with Crippen LogP contribution in [0.4, 0.5) is 0 Å². The molecule has 1 saturated heterocycles. The molecule has 2 aromatic heterocycles. The van der Waals surface area contributed by atoms with Gasteiger partial charge in [0.15, 0.2) is 5.82 Å². The largest absolute Gasteiger partial charge is 0.371 e. The highest BCUT2D eigenvalue weighted by molar-refractivity contribution is 7.16. The summed E-state index contributed by atoms with van der Waals surface area (Å²) in [4.78, 5) is 0.870. The van der Waals surface area contributed by atoms with Crippen LogP contribution in [0, 0.1) is 0 Å². The highest BCUT2D eigenvalue weighted by Gasteiger charge is 2.23. The van der Waals surface area contributed by atoms with E-state index in [1.165, 1.54) is 0 Å². The molecule has 3 rings (SSSR count). The van der Waals surface area contributed by atoms with Gasteiger partial charge in [0.2, 0.25) is 4.96 Å². The van der Waals surface area contributed by atoms with E-state index in [9.17, 15) is 0 Å². The third-order valence-corrected chi connectivity index (χ3v) is 3.74. The molecule has 2 aromatic rings. The molecule has 0 spiro atoms. The molecule has 0 amide bonds. The maximum atomic E-state index is 5.62. The quantitative estimate of drug-likeness (QED) is 0.804. The zero-order chi connectivity index (χ0) is 11.1. The van der Waals surface area contributed by atoms with Crippen LogP contribution >= 0.6 is 11.3 Å². The zero-order valence-corrected chi connectivity index (χ0v) is 10.2. The molecule has 0 radical (unpaired) electrons. The van der Waals surface area contributed by atoms with Crippen LogP contribution in [-0.2, 0) is 4.74 Å². The van der Waals surface area contributed by atoms with Crippen LogP contribution in [0.15, 0.2) is 0 Å². The fraction of sp³-hybridized carbons (Fsp3) is 0.700. The van der Waals surface area contributed by atoms with E-state index < -0.39 is 0 Å². The predicted octanol–water partition coefficient (Wildman–Crippen LogP) is 2.16. The topological polar surface area (TPSA) is 52.3 Å². The maximum absolute atomic E-state index is 5.62. The molecule has 1 fully saturated rings. The van der Waals surface area contributed by atoms with Crippen molar-refractivity contribution >= 4 is 16.3 Å². The van der Waals surface area contributed by atoms with Gasteiger partial charge in [-0.15, -0.1) is 10.2 Å². The van der Waals surface area contributed by atoms with Gasteiger partial charge in [-0.05, 0) is 12.8 Å². The molecule has 0 N–H and O–H groups in total. The first-order valence-electron chi connectivity index (χ1n) is 5.59. The van der Waals surface area contributed by atoms with Gasteiger partial charge in [0.1, 0.15) is 11.1 Å². The minimum absolute atomic E-state index is 0.173. The summed E-state index contributed by atoms with van der Waals surface area (Å²) in [6.45, 7) is 5.05. The average Bonchev–Trinajstić information content (AvgIpc) is 2.92. The molecular formula is C10H14N4OS. The van der Waals surface area contributed by atoms with Crippen molar-refractivity contribution in [1.29, 1.82) is 0 Å². The van der Waals surface area contributed by atoms with Gasteiger partial charge in [0.05, 0.1) is 0 Å². The lowest BCUT2D eigenvalue weighted by Gasteiger charge is -2.03. The summed E-state index contributed by atoms with van der Waals surface area (Å²) in [6, 6.07) is 0. The fourth-order valence-corrected chi connectivity index (χ4v) is 2.84. The maximum Gasteiger partial charge on any atom is 0.234 e. The molecule has 16 heavy (non-hydrogen) atoms. The standard InChI is InChI=1S/C10H14N4OS/c1-6(2)8-11-12-10-14(8)13-9(16-10)7-4-3-5-15-7/h6-7H,3-5H2,1-2H3/t7-/m0/s1. The summed E-state index contributed by atoms with van der Waals surface area (Å²) in [6.07, 6.45) is 2.37. The second-order valence-corrected chi connectivity index (χ2v) is 5.34. The number of hydrogen-bond acceptors (Lipinski definition) is 5. The second-order valence-electron chi connectivity index (χ2n) is 4.35. The Morgan fingerprint density at radius 1 is 1.44 bits per heavy atom. The summed E-state index contributed by atoms with van der Waals surface area (Å²) < 4.78 is 7.48. The van der Waals surface area contributed by atoms with Gasteiger partial charge in [0, 0.05) is 12.5 Å². The van der Waals surface area contributed by atoms with Crippen molar-refractivity contribution in [2.75, 3.05) is 6.61 Å². The molecule has 0 aromatic carbocycles. The lowest BCUT2D eigenvalue weighted by atomic mass is 10.2. The summed E-state index contributed by atoms with van der Waals surface area (Å²) in [7, 11) is 0. The van der Waals surface area contributed by atoms with E-state index in [2.05, 4.69) is 29.1 Å². The van der Waals surface area contributed by atoms with Crippen LogP contribution in [0.5, 0.6) is 0 Å². The molecule has 5 nitrogen and oxygen atoms in total. The fourth-order valence-electron chi connectivity index (χ4n) is 1.91.